The first-order valence-electron chi connectivity index (χ1n) is 8.96. The standard InChI is InChI=1S/C21H32O3/c1-7-14(2)17(22)13-16-15(3)9-10-18-20(16,4)11-8-12-21(18,5)19(23)24-6/h7,16-18,22H,1-3,8-13H2,4-6H3/t16-,17+,18+,20+,21-/m0/s1. The first kappa shape index (κ1) is 19.0. The van der Waals surface area contributed by atoms with E-state index in [9.17, 15) is 9.90 Å². The van der Waals surface area contributed by atoms with Crippen LogP contribution in [0.2, 0.25) is 0 Å². The Labute approximate surface area is 146 Å². The van der Waals surface area contributed by atoms with Crippen LogP contribution in [-0.4, -0.2) is 24.3 Å². The lowest BCUT2D eigenvalue weighted by atomic mass is 9.46. The molecule has 2 rings (SSSR count). The lowest BCUT2D eigenvalue weighted by Gasteiger charge is -2.57. The number of aliphatic hydroxyl groups excluding tert-OH is 1. The summed E-state index contributed by atoms with van der Waals surface area (Å²) in [6.07, 6.45) is 6.43. The number of ether oxygens (including phenoxy) is 1. The van der Waals surface area contributed by atoms with Crippen molar-refractivity contribution >= 4 is 5.97 Å². The summed E-state index contributed by atoms with van der Waals surface area (Å²) in [7, 11) is 1.48. The second kappa shape index (κ2) is 6.87. The molecule has 2 saturated carbocycles. The summed E-state index contributed by atoms with van der Waals surface area (Å²) in [5, 5.41) is 10.5. The maximum atomic E-state index is 12.5. The zero-order valence-electron chi connectivity index (χ0n) is 15.4. The zero-order chi connectivity index (χ0) is 18.1. The zero-order valence-corrected chi connectivity index (χ0v) is 15.4. The molecule has 2 aliphatic carbocycles. The Morgan fingerprint density at radius 1 is 1.46 bits per heavy atom. The Bertz CT molecular complexity index is 549. The van der Waals surface area contributed by atoms with Crippen molar-refractivity contribution in [2.75, 3.05) is 7.11 Å². The van der Waals surface area contributed by atoms with Crippen LogP contribution in [0.1, 0.15) is 52.4 Å². The number of methoxy groups -OCH3 is 1. The minimum absolute atomic E-state index is 0.0427. The van der Waals surface area contributed by atoms with Crippen molar-refractivity contribution in [1.82, 2.24) is 0 Å². The Hall–Kier alpha value is -1.35. The maximum Gasteiger partial charge on any atom is 0.311 e. The van der Waals surface area contributed by atoms with Gasteiger partial charge in [0.25, 0.3) is 0 Å². The highest BCUT2D eigenvalue weighted by molar-refractivity contribution is 5.77. The van der Waals surface area contributed by atoms with Gasteiger partial charge in [0.2, 0.25) is 0 Å². The Morgan fingerprint density at radius 3 is 2.71 bits per heavy atom. The van der Waals surface area contributed by atoms with Crippen LogP contribution in [0, 0.1) is 22.7 Å². The highest BCUT2D eigenvalue weighted by Crippen LogP contribution is 2.62. The second-order valence-electron chi connectivity index (χ2n) is 8.10. The predicted molar refractivity (Wildman–Crippen MR) is 97.4 cm³/mol. The van der Waals surface area contributed by atoms with E-state index in [4.69, 9.17) is 4.74 Å². The molecule has 0 aromatic heterocycles. The molecule has 134 valence electrons. The first-order chi connectivity index (χ1) is 11.2. The smallest absolute Gasteiger partial charge is 0.311 e. The lowest BCUT2D eigenvalue weighted by Crippen LogP contribution is -2.54. The second-order valence-corrected chi connectivity index (χ2v) is 8.10. The molecule has 0 aromatic rings. The number of carbonyl (C=O) groups is 1. The van der Waals surface area contributed by atoms with Crippen molar-refractivity contribution in [3.05, 3.63) is 37.0 Å². The van der Waals surface area contributed by atoms with Crippen LogP contribution in [-0.2, 0) is 9.53 Å². The molecule has 24 heavy (non-hydrogen) atoms. The van der Waals surface area contributed by atoms with Crippen LogP contribution in [0.3, 0.4) is 0 Å². The van der Waals surface area contributed by atoms with Crippen LogP contribution in [0.15, 0.2) is 37.0 Å². The van der Waals surface area contributed by atoms with Gasteiger partial charge in [-0.15, -0.1) is 0 Å². The van der Waals surface area contributed by atoms with Crippen LogP contribution >= 0.6 is 0 Å². The van der Waals surface area contributed by atoms with E-state index in [0.717, 1.165) is 32.1 Å². The SMILES string of the molecule is C=CC(=C)[C@H](O)C[C@H]1C(=C)CC[C@@H]2[C@]1(C)CCC[C@]2(C)C(=O)OC. The molecule has 0 aliphatic heterocycles. The predicted octanol–water partition coefficient (Wildman–Crippen LogP) is 4.43. The summed E-state index contributed by atoms with van der Waals surface area (Å²) in [6, 6.07) is 0. The molecule has 0 heterocycles. The third kappa shape index (κ3) is 2.99. The first-order valence-corrected chi connectivity index (χ1v) is 8.96. The minimum Gasteiger partial charge on any atom is -0.469 e. The summed E-state index contributed by atoms with van der Waals surface area (Å²) >= 11 is 0. The molecule has 3 heteroatoms. The minimum atomic E-state index is -0.605. The van der Waals surface area contributed by atoms with E-state index in [1.165, 1.54) is 12.7 Å². The molecule has 3 nitrogen and oxygen atoms in total. The fourth-order valence-electron chi connectivity index (χ4n) is 5.37. The number of fused-ring (bicyclic) bond motifs is 1. The van der Waals surface area contributed by atoms with Gasteiger partial charge >= 0.3 is 5.97 Å². The molecule has 0 saturated heterocycles. The van der Waals surface area contributed by atoms with Gasteiger partial charge < -0.3 is 9.84 Å². The van der Waals surface area contributed by atoms with Crippen LogP contribution < -0.4 is 0 Å². The Balaban J connectivity index is 2.35. The average molecular weight is 332 g/mol. The van der Waals surface area contributed by atoms with E-state index < -0.39 is 11.5 Å². The molecule has 0 radical (unpaired) electrons. The van der Waals surface area contributed by atoms with Crippen molar-refractivity contribution < 1.29 is 14.6 Å². The fourth-order valence-corrected chi connectivity index (χ4v) is 5.37. The van der Waals surface area contributed by atoms with Crippen molar-refractivity contribution in [3.63, 3.8) is 0 Å². The number of carbonyl (C=O) groups excluding carboxylic acids is 1. The molecule has 5 atom stereocenters. The van der Waals surface area contributed by atoms with Crippen LogP contribution in [0.25, 0.3) is 0 Å². The highest BCUT2D eigenvalue weighted by atomic mass is 16.5. The normalized spacial score (nSPS) is 37.2. The molecule has 0 aromatic carbocycles. The largest absolute Gasteiger partial charge is 0.469 e. The van der Waals surface area contributed by atoms with Crippen molar-refractivity contribution in [2.45, 2.75) is 58.5 Å². The van der Waals surface area contributed by atoms with Crippen molar-refractivity contribution in [2.24, 2.45) is 22.7 Å². The van der Waals surface area contributed by atoms with E-state index in [0.29, 0.717) is 12.0 Å². The molecule has 0 bridgehead atoms. The van der Waals surface area contributed by atoms with Gasteiger partial charge in [-0.25, -0.2) is 0 Å². The molecule has 0 unspecified atom stereocenters. The van der Waals surface area contributed by atoms with Crippen molar-refractivity contribution in [3.8, 4) is 0 Å². The van der Waals surface area contributed by atoms with Gasteiger partial charge in [-0.1, -0.05) is 44.7 Å². The van der Waals surface area contributed by atoms with E-state index in [-0.39, 0.29) is 23.2 Å². The van der Waals surface area contributed by atoms with Gasteiger partial charge in [-0.2, -0.15) is 0 Å². The number of esters is 1. The summed E-state index contributed by atoms with van der Waals surface area (Å²) in [4.78, 5) is 12.5. The molecular weight excluding hydrogens is 300 g/mol. The van der Waals surface area contributed by atoms with Gasteiger partial charge in [0.05, 0.1) is 18.6 Å². The number of allylic oxidation sites excluding steroid dienone is 1. The monoisotopic (exact) mass is 332 g/mol. The molecule has 1 N–H and O–H groups in total. The van der Waals surface area contributed by atoms with Gasteiger partial charge in [0, 0.05) is 0 Å². The van der Waals surface area contributed by atoms with Gasteiger partial charge in [-0.3, -0.25) is 4.79 Å². The van der Waals surface area contributed by atoms with Crippen LogP contribution in [0.4, 0.5) is 0 Å². The number of hydrogen-bond acceptors (Lipinski definition) is 3. The van der Waals surface area contributed by atoms with Gasteiger partial charge in [-0.05, 0) is 61.9 Å². The van der Waals surface area contributed by atoms with Gasteiger partial charge in [0.15, 0.2) is 0 Å². The molecule has 0 amide bonds. The summed E-state index contributed by atoms with van der Waals surface area (Å²) in [6.45, 7) is 16.2. The third-order valence-corrected chi connectivity index (χ3v) is 6.82. The van der Waals surface area contributed by atoms with E-state index in [2.05, 4.69) is 33.6 Å². The molecule has 2 fully saturated rings. The Kier molecular flexibility index (Phi) is 5.44. The quantitative estimate of drug-likeness (QED) is 0.460. The summed E-state index contributed by atoms with van der Waals surface area (Å²) in [5.41, 5.74) is 1.36. The molecule has 2 aliphatic rings. The number of rotatable bonds is 5. The average Bonchev–Trinajstić information content (AvgIpc) is 2.56. The van der Waals surface area contributed by atoms with E-state index >= 15 is 0 Å². The molecule has 0 spiro atoms. The van der Waals surface area contributed by atoms with Gasteiger partial charge in [0.1, 0.15) is 0 Å². The number of hydrogen-bond donors (Lipinski definition) is 1. The highest BCUT2D eigenvalue weighted by Gasteiger charge is 2.57. The van der Waals surface area contributed by atoms with E-state index in [1.54, 1.807) is 6.08 Å². The maximum absolute atomic E-state index is 12.5. The van der Waals surface area contributed by atoms with Crippen LogP contribution in [0.5, 0.6) is 0 Å². The Morgan fingerprint density at radius 2 is 2.12 bits per heavy atom. The lowest BCUT2D eigenvalue weighted by molar-refractivity contribution is -0.168. The number of aliphatic hydroxyl groups is 1. The topological polar surface area (TPSA) is 46.5 Å². The summed E-state index contributed by atoms with van der Waals surface area (Å²) < 4.78 is 5.15. The summed E-state index contributed by atoms with van der Waals surface area (Å²) in [5.74, 6) is 0.346. The molecular formula is C21H32O3. The van der Waals surface area contributed by atoms with Crippen molar-refractivity contribution in [1.29, 1.82) is 0 Å². The third-order valence-electron chi connectivity index (χ3n) is 6.82. The fraction of sp³-hybridized carbons (Fsp3) is 0.667. The van der Waals surface area contributed by atoms with E-state index in [1.807, 2.05) is 0 Å².